The quantitative estimate of drug-likeness (QED) is 0.418. The first-order valence-corrected chi connectivity index (χ1v) is 9.40. The van der Waals surface area contributed by atoms with Gasteiger partial charge in [-0.2, -0.15) is 5.10 Å². The Morgan fingerprint density at radius 1 is 1.20 bits per heavy atom. The Hall–Kier alpha value is -3.59. The van der Waals surface area contributed by atoms with Crippen LogP contribution in [0.1, 0.15) is 23.0 Å². The smallest absolute Gasteiger partial charge is 0.296 e. The summed E-state index contributed by atoms with van der Waals surface area (Å²) >= 11 is 5.99. The van der Waals surface area contributed by atoms with E-state index in [9.17, 15) is 14.9 Å². The van der Waals surface area contributed by atoms with E-state index >= 15 is 0 Å². The van der Waals surface area contributed by atoms with Gasteiger partial charge >= 0.3 is 0 Å². The zero-order valence-corrected chi connectivity index (χ0v) is 17.0. The molecule has 3 rings (SSSR count). The molecule has 9 nitrogen and oxygen atoms in total. The Kier molecular flexibility index (Phi) is 6.53. The maximum atomic E-state index is 12.5. The molecule has 10 heteroatoms. The average molecular weight is 431 g/mol. The SMILES string of the molecule is CCOc1ccc(NC(=O)c2ccn(COc3ccc(Cl)c(C)c3)n2)c([N+](=O)[O-])c1. The lowest BCUT2D eigenvalue weighted by atomic mass is 10.2. The summed E-state index contributed by atoms with van der Waals surface area (Å²) < 4.78 is 12.3. The predicted molar refractivity (Wildman–Crippen MR) is 111 cm³/mol. The van der Waals surface area contributed by atoms with E-state index in [2.05, 4.69) is 10.4 Å². The number of halogens is 1. The average Bonchev–Trinajstić information content (AvgIpc) is 3.19. The Morgan fingerprint density at radius 2 is 1.93 bits per heavy atom. The number of hydrogen-bond acceptors (Lipinski definition) is 6. The summed E-state index contributed by atoms with van der Waals surface area (Å²) in [6.07, 6.45) is 1.57. The van der Waals surface area contributed by atoms with Gasteiger partial charge in [-0.25, -0.2) is 4.68 Å². The highest BCUT2D eigenvalue weighted by Crippen LogP contribution is 2.29. The van der Waals surface area contributed by atoms with E-state index in [0.717, 1.165) is 5.56 Å². The number of benzene rings is 2. The number of aromatic nitrogens is 2. The number of carbonyl (C=O) groups is 1. The summed E-state index contributed by atoms with van der Waals surface area (Å²) in [4.78, 5) is 23.2. The van der Waals surface area contributed by atoms with Gasteiger partial charge in [-0.3, -0.25) is 14.9 Å². The third-order valence-corrected chi connectivity index (χ3v) is 4.52. The molecular weight excluding hydrogens is 412 g/mol. The summed E-state index contributed by atoms with van der Waals surface area (Å²) in [6.45, 7) is 4.09. The zero-order chi connectivity index (χ0) is 21.7. The van der Waals surface area contributed by atoms with Crippen molar-refractivity contribution in [1.29, 1.82) is 0 Å². The standard InChI is InChI=1S/C20H19ClN4O5/c1-3-29-15-5-7-17(19(11-15)25(27)28)22-20(26)18-8-9-24(23-18)12-30-14-4-6-16(21)13(2)10-14/h4-11H,3,12H2,1-2H3,(H,22,26). The number of hydrogen-bond donors (Lipinski definition) is 1. The Morgan fingerprint density at radius 3 is 2.63 bits per heavy atom. The fourth-order valence-corrected chi connectivity index (χ4v) is 2.73. The van der Waals surface area contributed by atoms with E-state index in [1.54, 1.807) is 37.4 Å². The van der Waals surface area contributed by atoms with Crippen molar-refractivity contribution in [2.24, 2.45) is 0 Å². The number of carbonyl (C=O) groups excluding carboxylic acids is 1. The molecule has 0 saturated heterocycles. The van der Waals surface area contributed by atoms with Crippen molar-refractivity contribution in [3.63, 3.8) is 0 Å². The topological polar surface area (TPSA) is 109 Å². The second-order valence-corrected chi connectivity index (χ2v) is 6.66. The van der Waals surface area contributed by atoms with Crippen molar-refractivity contribution in [1.82, 2.24) is 9.78 Å². The Bertz CT molecular complexity index is 1080. The first kappa shape index (κ1) is 21.1. The Labute approximate surface area is 177 Å². The third-order valence-electron chi connectivity index (χ3n) is 4.09. The summed E-state index contributed by atoms with van der Waals surface area (Å²) in [7, 11) is 0. The monoisotopic (exact) mass is 430 g/mol. The van der Waals surface area contributed by atoms with E-state index in [1.165, 1.54) is 22.9 Å². The molecule has 156 valence electrons. The summed E-state index contributed by atoms with van der Waals surface area (Å²) in [6, 6.07) is 11.0. The lowest BCUT2D eigenvalue weighted by Gasteiger charge is -2.08. The van der Waals surface area contributed by atoms with Crippen LogP contribution in [-0.4, -0.2) is 27.2 Å². The molecule has 0 bridgehead atoms. The van der Waals surface area contributed by atoms with E-state index in [0.29, 0.717) is 23.1 Å². The maximum Gasteiger partial charge on any atom is 0.296 e. The molecule has 1 N–H and O–H groups in total. The van der Waals surface area contributed by atoms with E-state index < -0.39 is 10.8 Å². The van der Waals surface area contributed by atoms with Crippen LogP contribution >= 0.6 is 11.6 Å². The summed E-state index contributed by atoms with van der Waals surface area (Å²) in [5.41, 5.74) is 0.756. The van der Waals surface area contributed by atoms with Crippen molar-refractivity contribution >= 4 is 28.9 Å². The first-order chi connectivity index (χ1) is 14.4. The zero-order valence-electron chi connectivity index (χ0n) is 16.3. The molecule has 0 saturated carbocycles. The van der Waals surface area contributed by atoms with Crippen molar-refractivity contribution in [2.45, 2.75) is 20.6 Å². The molecular formula is C20H19ClN4O5. The fourth-order valence-electron chi connectivity index (χ4n) is 2.61. The molecule has 1 heterocycles. The van der Waals surface area contributed by atoms with Gasteiger partial charge < -0.3 is 14.8 Å². The van der Waals surface area contributed by atoms with Crippen LogP contribution in [0.15, 0.2) is 48.7 Å². The molecule has 0 radical (unpaired) electrons. The number of nitrogens with zero attached hydrogens (tertiary/aromatic N) is 3. The van der Waals surface area contributed by atoms with Gasteiger partial charge in [-0.05, 0) is 55.8 Å². The molecule has 0 aliphatic rings. The number of rotatable bonds is 8. The van der Waals surface area contributed by atoms with Crippen LogP contribution in [0, 0.1) is 17.0 Å². The van der Waals surface area contributed by atoms with Gasteiger partial charge in [0.2, 0.25) is 0 Å². The molecule has 30 heavy (non-hydrogen) atoms. The molecule has 1 aromatic heterocycles. The van der Waals surface area contributed by atoms with Crippen LogP contribution in [0.25, 0.3) is 0 Å². The van der Waals surface area contributed by atoms with Crippen LogP contribution in [0.5, 0.6) is 11.5 Å². The lowest BCUT2D eigenvalue weighted by molar-refractivity contribution is -0.384. The normalized spacial score (nSPS) is 10.5. The van der Waals surface area contributed by atoms with Crippen molar-refractivity contribution in [3.05, 3.63) is 75.1 Å². The molecule has 0 aliphatic carbocycles. The van der Waals surface area contributed by atoms with E-state index in [1.807, 2.05) is 6.92 Å². The molecule has 1 amide bonds. The minimum absolute atomic E-state index is 0.0518. The van der Waals surface area contributed by atoms with Gasteiger partial charge in [0.25, 0.3) is 11.6 Å². The number of aryl methyl sites for hydroxylation is 1. The van der Waals surface area contributed by atoms with Crippen LogP contribution in [0.4, 0.5) is 11.4 Å². The number of nitro benzene ring substituents is 1. The molecule has 3 aromatic rings. The van der Waals surface area contributed by atoms with Crippen LogP contribution in [0.2, 0.25) is 5.02 Å². The molecule has 0 unspecified atom stereocenters. The van der Waals surface area contributed by atoms with Gasteiger partial charge in [0.05, 0.1) is 17.6 Å². The van der Waals surface area contributed by atoms with Gasteiger partial charge in [-0.1, -0.05) is 11.6 Å². The molecule has 0 fully saturated rings. The Balaban J connectivity index is 1.67. The molecule has 0 aliphatic heterocycles. The van der Waals surface area contributed by atoms with Gasteiger partial charge in [0.15, 0.2) is 12.4 Å². The third kappa shape index (κ3) is 5.06. The number of anilines is 1. The number of nitrogens with one attached hydrogen (secondary N) is 1. The number of nitro groups is 1. The maximum absolute atomic E-state index is 12.5. The predicted octanol–water partition coefficient (Wildman–Crippen LogP) is 4.44. The van der Waals surface area contributed by atoms with E-state index in [-0.39, 0.29) is 23.8 Å². The number of ether oxygens (including phenoxy) is 2. The lowest BCUT2D eigenvalue weighted by Crippen LogP contribution is -2.15. The highest BCUT2D eigenvalue weighted by Gasteiger charge is 2.19. The van der Waals surface area contributed by atoms with Crippen LogP contribution < -0.4 is 14.8 Å². The highest BCUT2D eigenvalue weighted by molar-refractivity contribution is 6.31. The molecule has 0 spiro atoms. The number of amides is 1. The van der Waals surface area contributed by atoms with Crippen molar-refractivity contribution in [2.75, 3.05) is 11.9 Å². The largest absolute Gasteiger partial charge is 0.494 e. The second kappa shape index (κ2) is 9.27. The van der Waals surface area contributed by atoms with Crippen molar-refractivity contribution in [3.8, 4) is 11.5 Å². The fraction of sp³-hybridized carbons (Fsp3) is 0.200. The van der Waals surface area contributed by atoms with Crippen LogP contribution in [-0.2, 0) is 6.73 Å². The van der Waals surface area contributed by atoms with Crippen LogP contribution in [0.3, 0.4) is 0 Å². The first-order valence-electron chi connectivity index (χ1n) is 9.02. The minimum atomic E-state index is -0.585. The summed E-state index contributed by atoms with van der Waals surface area (Å²) in [5, 5.41) is 18.6. The summed E-state index contributed by atoms with van der Waals surface area (Å²) in [5.74, 6) is 0.382. The molecule has 0 atom stereocenters. The van der Waals surface area contributed by atoms with Gasteiger partial charge in [-0.15, -0.1) is 0 Å². The highest BCUT2D eigenvalue weighted by atomic mass is 35.5. The van der Waals surface area contributed by atoms with Gasteiger partial charge in [0, 0.05) is 11.2 Å². The second-order valence-electron chi connectivity index (χ2n) is 6.25. The van der Waals surface area contributed by atoms with Crippen molar-refractivity contribution < 1.29 is 19.2 Å². The minimum Gasteiger partial charge on any atom is -0.494 e. The van der Waals surface area contributed by atoms with Gasteiger partial charge in [0.1, 0.15) is 17.2 Å². The van der Waals surface area contributed by atoms with E-state index in [4.69, 9.17) is 21.1 Å². The molecule has 2 aromatic carbocycles.